The number of hydrogen-bond acceptors (Lipinski definition) is 3. The molecule has 1 amide bonds. The Kier molecular flexibility index (Phi) is 4.74. The van der Waals surface area contributed by atoms with Gasteiger partial charge in [-0.05, 0) is 31.4 Å². The van der Waals surface area contributed by atoms with Gasteiger partial charge in [-0.1, -0.05) is 20.3 Å². The standard InChI is InChI=1S/C13H24N2OS/c1-3-6-11-13(16)15(12(4-2)14-11)9-10-7-5-8-17-10/h10-12,14H,3-9H2,1-2H3. The Morgan fingerprint density at radius 3 is 2.88 bits per heavy atom. The second kappa shape index (κ2) is 6.10. The van der Waals surface area contributed by atoms with E-state index in [1.165, 1.54) is 18.6 Å². The van der Waals surface area contributed by atoms with Crippen molar-refractivity contribution in [2.75, 3.05) is 12.3 Å². The topological polar surface area (TPSA) is 32.3 Å². The summed E-state index contributed by atoms with van der Waals surface area (Å²) in [6.07, 6.45) is 5.95. The molecule has 2 aliphatic rings. The van der Waals surface area contributed by atoms with Gasteiger partial charge in [0.05, 0.1) is 12.2 Å². The second-order valence-electron chi connectivity index (χ2n) is 5.06. The normalized spacial score (nSPS) is 33.6. The van der Waals surface area contributed by atoms with Crippen LogP contribution in [0.2, 0.25) is 0 Å². The van der Waals surface area contributed by atoms with Crippen LogP contribution in [-0.4, -0.2) is 40.6 Å². The molecule has 0 saturated carbocycles. The lowest BCUT2D eigenvalue weighted by Gasteiger charge is -2.25. The van der Waals surface area contributed by atoms with Gasteiger partial charge < -0.3 is 4.90 Å². The summed E-state index contributed by atoms with van der Waals surface area (Å²) >= 11 is 2.04. The van der Waals surface area contributed by atoms with Crippen molar-refractivity contribution in [2.45, 2.75) is 63.4 Å². The molecule has 0 spiro atoms. The maximum Gasteiger partial charge on any atom is 0.241 e. The number of hydrogen-bond donors (Lipinski definition) is 1. The third-order valence-corrected chi connectivity index (χ3v) is 5.12. The van der Waals surface area contributed by atoms with Crippen LogP contribution < -0.4 is 5.32 Å². The van der Waals surface area contributed by atoms with E-state index < -0.39 is 0 Å². The minimum absolute atomic E-state index is 0.0800. The molecular formula is C13H24N2OS. The summed E-state index contributed by atoms with van der Waals surface area (Å²) < 4.78 is 0. The number of nitrogens with zero attached hydrogens (tertiary/aromatic N) is 1. The van der Waals surface area contributed by atoms with E-state index in [0.29, 0.717) is 11.2 Å². The fourth-order valence-electron chi connectivity index (χ4n) is 2.81. The van der Waals surface area contributed by atoms with Crippen LogP contribution in [0.3, 0.4) is 0 Å². The molecule has 4 heteroatoms. The van der Waals surface area contributed by atoms with Crippen LogP contribution in [0.25, 0.3) is 0 Å². The van der Waals surface area contributed by atoms with Crippen LogP contribution in [0.15, 0.2) is 0 Å². The van der Waals surface area contributed by atoms with Gasteiger partial charge in [0.2, 0.25) is 5.91 Å². The first-order valence-electron chi connectivity index (χ1n) is 6.94. The minimum Gasteiger partial charge on any atom is -0.325 e. The Hall–Kier alpha value is -0.220. The zero-order valence-corrected chi connectivity index (χ0v) is 11.8. The van der Waals surface area contributed by atoms with Crippen molar-refractivity contribution in [3.8, 4) is 0 Å². The van der Waals surface area contributed by atoms with Crippen molar-refractivity contribution < 1.29 is 4.79 Å². The van der Waals surface area contributed by atoms with Gasteiger partial charge in [0.15, 0.2) is 0 Å². The molecule has 2 aliphatic heterocycles. The number of thioether (sulfide) groups is 1. The summed E-state index contributed by atoms with van der Waals surface area (Å²) in [6, 6.07) is 0.0800. The third kappa shape index (κ3) is 2.97. The van der Waals surface area contributed by atoms with E-state index in [1.807, 2.05) is 11.8 Å². The smallest absolute Gasteiger partial charge is 0.241 e. The van der Waals surface area contributed by atoms with Crippen LogP contribution in [0.5, 0.6) is 0 Å². The summed E-state index contributed by atoms with van der Waals surface area (Å²) in [5, 5.41) is 4.16. The summed E-state index contributed by atoms with van der Waals surface area (Å²) in [6.45, 7) is 5.26. The predicted molar refractivity (Wildman–Crippen MR) is 73.1 cm³/mol. The molecule has 2 heterocycles. The van der Waals surface area contributed by atoms with Crippen molar-refractivity contribution in [1.29, 1.82) is 0 Å². The third-order valence-electron chi connectivity index (χ3n) is 3.74. The summed E-state index contributed by atoms with van der Waals surface area (Å²) in [7, 11) is 0. The first kappa shape index (κ1) is 13.2. The Morgan fingerprint density at radius 2 is 2.29 bits per heavy atom. The molecule has 0 aromatic rings. The molecule has 0 radical (unpaired) electrons. The molecule has 0 bridgehead atoms. The second-order valence-corrected chi connectivity index (χ2v) is 6.47. The SMILES string of the molecule is CCCC1NC(CC)N(CC2CCCS2)C1=O. The molecule has 0 aromatic heterocycles. The molecule has 1 N–H and O–H groups in total. The van der Waals surface area contributed by atoms with Gasteiger partial charge in [-0.25, -0.2) is 0 Å². The van der Waals surface area contributed by atoms with Crippen molar-refractivity contribution in [3.63, 3.8) is 0 Å². The van der Waals surface area contributed by atoms with Gasteiger partial charge in [0.1, 0.15) is 0 Å². The summed E-state index contributed by atoms with van der Waals surface area (Å²) in [5.74, 6) is 1.61. The van der Waals surface area contributed by atoms with E-state index >= 15 is 0 Å². The molecule has 3 unspecified atom stereocenters. The number of carbonyl (C=O) groups excluding carboxylic acids is 1. The monoisotopic (exact) mass is 256 g/mol. The number of nitrogens with one attached hydrogen (secondary N) is 1. The fourth-order valence-corrected chi connectivity index (χ4v) is 4.07. The average molecular weight is 256 g/mol. The van der Waals surface area contributed by atoms with Gasteiger partial charge in [0, 0.05) is 11.8 Å². The largest absolute Gasteiger partial charge is 0.325 e. The Bertz CT molecular complexity index is 266. The maximum absolute atomic E-state index is 12.3. The van der Waals surface area contributed by atoms with Crippen LogP contribution in [0, 0.1) is 0 Å². The molecule has 2 fully saturated rings. The van der Waals surface area contributed by atoms with Gasteiger partial charge in [0.25, 0.3) is 0 Å². The lowest BCUT2D eigenvalue weighted by atomic mass is 10.1. The quantitative estimate of drug-likeness (QED) is 0.818. The van der Waals surface area contributed by atoms with Gasteiger partial charge in [-0.3, -0.25) is 10.1 Å². The molecule has 0 aromatic carbocycles. The van der Waals surface area contributed by atoms with E-state index in [-0.39, 0.29) is 12.2 Å². The molecule has 2 rings (SSSR count). The average Bonchev–Trinajstić information content (AvgIpc) is 2.92. The Morgan fingerprint density at radius 1 is 1.47 bits per heavy atom. The molecule has 17 heavy (non-hydrogen) atoms. The number of rotatable bonds is 5. The van der Waals surface area contributed by atoms with Crippen LogP contribution in [0.1, 0.15) is 46.0 Å². The first-order valence-corrected chi connectivity index (χ1v) is 7.99. The molecule has 2 saturated heterocycles. The molecule has 3 atom stereocenters. The predicted octanol–water partition coefficient (Wildman–Crippen LogP) is 2.22. The maximum atomic E-state index is 12.3. The van der Waals surface area contributed by atoms with Crippen molar-refractivity contribution in [2.24, 2.45) is 0 Å². The summed E-state index contributed by atoms with van der Waals surface area (Å²) in [4.78, 5) is 14.4. The van der Waals surface area contributed by atoms with E-state index in [4.69, 9.17) is 0 Å². The van der Waals surface area contributed by atoms with Crippen LogP contribution in [0.4, 0.5) is 0 Å². The highest BCUT2D eigenvalue weighted by molar-refractivity contribution is 8.00. The molecule has 0 aliphatic carbocycles. The summed E-state index contributed by atoms with van der Waals surface area (Å²) in [5.41, 5.74) is 0. The Balaban J connectivity index is 1.95. The Labute approximate surface area is 109 Å². The lowest BCUT2D eigenvalue weighted by molar-refractivity contribution is -0.130. The van der Waals surface area contributed by atoms with Gasteiger partial charge >= 0.3 is 0 Å². The van der Waals surface area contributed by atoms with Crippen molar-refractivity contribution >= 4 is 17.7 Å². The molecular weight excluding hydrogens is 232 g/mol. The van der Waals surface area contributed by atoms with E-state index in [9.17, 15) is 4.79 Å². The highest BCUT2D eigenvalue weighted by Gasteiger charge is 2.38. The first-order chi connectivity index (χ1) is 8.26. The number of carbonyl (C=O) groups is 1. The van der Waals surface area contributed by atoms with E-state index in [1.54, 1.807) is 0 Å². The zero-order chi connectivity index (χ0) is 12.3. The van der Waals surface area contributed by atoms with Crippen molar-refractivity contribution in [1.82, 2.24) is 10.2 Å². The highest BCUT2D eigenvalue weighted by atomic mass is 32.2. The number of amides is 1. The zero-order valence-electron chi connectivity index (χ0n) is 10.9. The minimum atomic E-state index is 0.0800. The fraction of sp³-hybridized carbons (Fsp3) is 0.923. The highest BCUT2D eigenvalue weighted by Crippen LogP contribution is 2.29. The van der Waals surface area contributed by atoms with E-state index in [2.05, 4.69) is 24.1 Å². The van der Waals surface area contributed by atoms with Crippen LogP contribution >= 0.6 is 11.8 Å². The molecule has 98 valence electrons. The van der Waals surface area contributed by atoms with E-state index in [0.717, 1.165) is 25.8 Å². The van der Waals surface area contributed by atoms with Gasteiger partial charge in [-0.2, -0.15) is 11.8 Å². The molecule has 3 nitrogen and oxygen atoms in total. The van der Waals surface area contributed by atoms with Gasteiger partial charge in [-0.15, -0.1) is 0 Å². The van der Waals surface area contributed by atoms with Crippen molar-refractivity contribution in [3.05, 3.63) is 0 Å². The lowest BCUT2D eigenvalue weighted by Crippen LogP contribution is -2.40. The van der Waals surface area contributed by atoms with Crippen LogP contribution in [-0.2, 0) is 4.79 Å².